The van der Waals surface area contributed by atoms with Crippen LogP contribution in [-0.2, 0) is 4.79 Å². The third kappa shape index (κ3) is 3.51. The lowest BCUT2D eigenvalue weighted by molar-refractivity contribution is -0.138. The molecule has 0 spiro atoms. The number of halogens is 2. The number of rotatable bonds is 3. The van der Waals surface area contributed by atoms with Gasteiger partial charge in [-0.3, -0.25) is 4.79 Å². The molecule has 1 rings (SSSR count). The van der Waals surface area contributed by atoms with Gasteiger partial charge in [-0.15, -0.1) is 0 Å². The van der Waals surface area contributed by atoms with Crippen molar-refractivity contribution in [3.8, 4) is 0 Å². The fourth-order valence-corrected chi connectivity index (χ4v) is 1.83. The lowest BCUT2D eigenvalue weighted by Crippen LogP contribution is -2.21. The summed E-state index contributed by atoms with van der Waals surface area (Å²) in [4.78, 5) is 10.8. The van der Waals surface area contributed by atoms with Crippen LogP contribution in [0.3, 0.4) is 0 Å². The van der Waals surface area contributed by atoms with E-state index < -0.39 is 17.6 Å². The molecule has 17 heavy (non-hydrogen) atoms. The summed E-state index contributed by atoms with van der Waals surface area (Å²) in [7, 11) is 0. The Kier molecular flexibility index (Phi) is 3.86. The van der Waals surface area contributed by atoms with Gasteiger partial charge in [0.05, 0.1) is 6.42 Å². The SMILES string of the molecule is CC(C)(C)C(CC(=O)O)c1ccc(F)c(F)c1. The Morgan fingerprint density at radius 3 is 2.29 bits per heavy atom. The molecule has 0 aliphatic carbocycles. The van der Waals surface area contributed by atoms with E-state index in [1.165, 1.54) is 6.07 Å². The van der Waals surface area contributed by atoms with E-state index in [1.807, 2.05) is 20.8 Å². The molecule has 0 aromatic heterocycles. The van der Waals surface area contributed by atoms with Crippen molar-refractivity contribution in [2.45, 2.75) is 33.1 Å². The standard InChI is InChI=1S/C13H16F2O2/c1-13(2,3)9(7-12(16)17)8-4-5-10(14)11(15)6-8/h4-6,9H,7H2,1-3H3,(H,16,17). The topological polar surface area (TPSA) is 37.3 Å². The summed E-state index contributed by atoms with van der Waals surface area (Å²) in [5, 5.41) is 8.86. The highest BCUT2D eigenvalue weighted by Gasteiger charge is 2.29. The fraction of sp³-hybridized carbons (Fsp3) is 0.462. The minimum absolute atomic E-state index is 0.103. The highest BCUT2D eigenvalue weighted by molar-refractivity contribution is 5.68. The Labute approximate surface area is 99.3 Å². The normalized spacial score (nSPS) is 13.5. The van der Waals surface area contributed by atoms with Crippen LogP contribution in [0.25, 0.3) is 0 Å². The summed E-state index contributed by atoms with van der Waals surface area (Å²) in [5.41, 5.74) is 0.182. The second-order valence-electron chi connectivity index (χ2n) is 5.19. The molecule has 4 heteroatoms. The van der Waals surface area contributed by atoms with Gasteiger partial charge in [0.15, 0.2) is 11.6 Å². The minimum Gasteiger partial charge on any atom is -0.481 e. The van der Waals surface area contributed by atoms with Crippen molar-refractivity contribution in [3.63, 3.8) is 0 Å². The molecule has 0 aliphatic heterocycles. The van der Waals surface area contributed by atoms with Gasteiger partial charge in [0.2, 0.25) is 0 Å². The zero-order valence-corrected chi connectivity index (χ0v) is 10.1. The van der Waals surface area contributed by atoms with E-state index in [1.54, 1.807) is 0 Å². The second-order valence-corrected chi connectivity index (χ2v) is 5.19. The maximum absolute atomic E-state index is 13.1. The largest absolute Gasteiger partial charge is 0.481 e. The fourth-order valence-electron chi connectivity index (χ4n) is 1.83. The van der Waals surface area contributed by atoms with Crippen LogP contribution in [0.15, 0.2) is 18.2 Å². The van der Waals surface area contributed by atoms with Crippen LogP contribution < -0.4 is 0 Å². The zero-order valence-electron chi connectivity index (χ0n) is 10.1. The van der Waals surface area contributed by atoms with Crippen LogP contribution >= 0.6 is 0 Å². The van der Waals surface area contributed by atoms with Crippen molar-refractivity contribution >= 4 is 5.97 Å². The summed E-state index contributed by atoms with van der Waals surface area (Å²) >= 11 is 0. The highest BCUT2D eigenvalue weighted by Crippen LogP contribution is 2.38. The molecule has 0 radical (unpaired) electrons. The predicted octanol–water partition coefficient (Wildman–Crippen LogP) is 3.57. The average Bonchev–Trinajstić information content (AvgIpc) is 2.17. The maximum atomic E-state index is 13.1. The van der Waals surface area contributed by atoms with Crippen molar-refractivity contribution in [2.75, 3.05) is 0 Å². The summed E-state index contributed by atoms with van der Waals surface area (Å²) < 4.78 is 26.0. The molecule has 0 saturated carbocycles. The van der Waals surface area contributed by atoms with Crippen LogP contribution in [0.5, 0.6) is 0 Å². The van der Waals surface area contributed by atoms with Gasteiger partial charge >= 0.3 is 5.97 Å². The van der Waals surface area contributed by atoms with Gasteiger partial charge < -0.3 is 5.11 Å². The Morgan fingerprint density at radius 2 is 1.88 bits per heavy atom. The van der Waals surface area contributed by atoms with Crippen LogP contribution in [0.1, 0.15) is 38.7 Å². The van der Waals surface area contributed by atoms with Gasteiger partial charge in [0.25, 0.3) is 0 Å². The second kappa shape index (κ2) is 4.82. The van der Waals surface area contributed by atoms with E-state index in [0.29, 0.717) is 5.56 Å². The molecule has 1 atom stereocenters. The number of hydrogen-bond acceptors (Lipinski definition) is 1. The first-order chi connectivity index (χ1) is 7.71. The van der Waals surface area contributed by atoms with E-state index in [9.17, 15) is 13.6 Å². The van der Waals surface area contributed by atoms with Crippen molar-refractivity contribution in [1.29, 1.82) is 0 Å². The molecule has 1 N–H and O–H groups in total. The summed E-state index contributed by atoms with van der Waals surface area (Å²) in [6.45, 7) is 5.63. The maximum Gasteiger partial charge on any atom is 0.303 e. The minimum atomic E-state index is -0.949. The van der Waals surface area contributed by atoms with E-state index in [4.69, 9.17) is 5.11 Å². The third-order valence-corrected chi connectivity index (χ3v) is 2.77. The summed E-state index contributed by atoms with van der Waals surface area (Å²) in [6.07, 6.45) is -0.103. The van der Waals surface area contributed by atoms with E-state index in [0.717, 1.165) is 12.1 Å². The quantitative estimate of drug-likeness (QED) is 0.879. The van der Waals surface area contributed by atoms with Crippen molar-refractivity contribution in [2.24, 2.45) is 5.41 Å². The van der Waals surface area contributed by atoms with Gasteiger partial charge in [0, 0.05) is 0 Å². The monoisotopic (exact) mass is 242 g/mol. The lowest BCUT2D eigenvalue weighted by Gasteiger charge is -2.30. The van der Waals surface area contributed by atoms with Crippen LogP contribution in [-0.4, -0.2) is 11.1 Å². The lowest BCUT2D eigenvalue weighted by atomic mass is 9.74. The number of hydrogen-bond donors (Lipinski definition) is 1. The van der Waals surface area contributed by atoms with Gasteiger partial charge in [0.1, 0.15) is 0 Å². The Morgan fingerprint density at radius 1 is 1.29 bits per heavy atom. The Hall–Kier alpha value is -1.45. The summed E-state index contributed by atoms with van der Waals surface area (Å²) in [6, 6.07) is 3.55. The summed E-state index contributed by atoms with van der Waals surface area (Å²) in [5.74, 6) is -3.16. The first-order valence-corrected chi connectivity index (χ1v) is 5.38. The molecule has 1 unspecified atom stereocenters. The molecule has 94 valence electrons. The third-order valence-electron chi connectivity index (χ3n) is 2.77. The molecule has 1 aromatic rings. The average molecular weight is 242 g/mol. The molecular formula is C13H16F2O2. The molecule has 0 bridgehead atoms. The van der Waals surface area contributed by atoms with Crippen molar-refractivity contribution < 1.29 is 18.7 Å². The molecule has 2 nitrogen and oxygen atoms in total. The first-order valence-electron chi connectivity index (χ1n) is 5.38. The van der Waals surface area contributed by atoms with E-state index in [-0.39, 0.29) is 17.8 Å². The van der Waals surface area contributed by atoms with Gasteiger partial charge in [-0.25, -0.2) is 8.78 Å². The predicted molar refractivity (Wildman–Crippen MR) is 60.8 cm³/mol. The van der Waals surface area contributed by atoms with Crippen molar-refractivity contribution in [1.82, 2.24) is 0 Å². The molecule has 1 aromatic carbocycles. The Balaban J connectivity index is 3.13. The number of benzene rings is 1. The van der Waals surface area contributed by atoms with Crippen molar-refractivity contribution in [3.05, 3.63) is 35.4 Å². The van der Waals surface area contributed by atoms with Gasteiger partial charge in [-0.2, -0.15) is 0 Å². The smallest absolute Gasteiger partial charge is 0.303 e. The Bertz CT molecular complexity index is 422. The number of aliphatic carboxylic acids is 1. The molecule has 0 heterocycles. The van der Waals surface area contributed by atoms with Crippen LogP contribution in [0.4, 0.5) is 8.78 Å². The van der Waals surface area contributed by atoms with Gasteiger partial charge in [-0.1, -0.05) is 26.8 Å². The zero-order chi connectivity index (χ0) is 13.2. The number of carbonyl (C=O) groups is 1. The van der Waals surface area contributed by atoms with Gasteiger partial charge in [-0.05, 0) is 29.0 Å². The highest BCUT2D eigenvalue weighted by atomic mass is 19.2. The molecule has 0 fully saturated rings. The number of carboxylic acids is 1. The molecule has 0 aliphatic rings. The number of carboxylic acid groups (broad SMARTS) is 1. The molecular weight excluding hydrogens is 226 g/mol. The van der Waals surface area contributed by atoms with E-state index in [2.05, 4.69) is 0 Å². The molecule has 0 saturated heterocycles. The molecule has 0 amide bonds. The van der Waals surface area contributed by atoms with Crippen LogP contribution in [0.2, 0.25) is 0 Å². The first kappa shape index (κ1) is 13.6. The van der Waals surface area contributed by atoms with E-state index >= 15 is 0 Å². The van der Waals surface area contributed by atoms with Crippen LogP contribution in [0, 0.1) is 17.0 Å².